The Morgan fingerprint density at radius 3 is 2.76 bits per heavy atom. The smallest absolute Gasteiger partial charge is 0.230 e. The number of unbranched alkanes of at least 4 members (excludes halogenated alkanes) is 1. The standard InChI is InChI=1S/C24H34N4O/c1-4-27(5-2)24(29)18-13-20-19-9-8-10-21-23(19)17(14-22(20)26(3)15-18)16-28(21)12-7-6-11-25/h8-10,13,16,18,22H,4-7,11-12,14-15,25H2,1-3H3/t18-,22-/m1/s1. The molecule has 5 heteroatoms. The van der Waals surface area contributed by atoms with E-state index in [9.17, 15) is 4.79 Å². The quantitative estimate of drug-likeness (QED) is 0.734. The minimum absolute atomic E-state index is 0.0606. The second-order valence-electron chi connectivity index (χ2n) is 8.44. The Bertz CT molecular complexity index is 924. The number of carbonyl (C=O) groups excluding carboxylic acids is 1. The third-order valence-corrected chi connectivity index (χ3v) is 6.71. The van der Waals surface area contributed by atoms with Crippen molar-refractivity contribution in [1.29, 1.82) is 0 Å². The van der Waals surface area contributed by atoms with E-state index in [1.807, 2.05) is 4.90 Å². The fourth-order valence-electron chi connectivity index (χ4n) is 5.16. The van der Waals surface area contributed by atoms with Crippen molar-refractivity contribution in [2.24, 2.45) is 11.7 Å². The first kappa shape index (κ1) is 20.2. The molecule has 0 saturated heterocycles. The van der Waals surface area contributed by atoms with Gasteiger partial charge < -0.3 is 15.2 Å². The molecule has 2 heterocycles. The second-order valence-corrected chi connectivity index (χ2v) is 8.44. The Kier molecular flexibility index (Phi) is 5.79. The summed E-state index contributed by atoms with van der Waals surface area (Å²) in [5.41, 5.74) is 11.1. The number of carbonyl (C=O) groups is 1. The van der Waals surface area contributed by atoms with Crippen LogP contribution in [0.25, 0.3) is 16.5 Å². The molecule has 0 saturated carbocycles. The van der Waals surface area contributed by atoms with Gasteiger partial charge in [0.15, 0.2) is 0 Å². The fraction of sp³-hybridized carbons (Fsp3) is 0.542. The molecule has 0 bridgehead atoms. The van der Waals surface area contributed by atoms with Crippen LogP contribution in [0.2, 0.25) is 0 Å². The Balaban J connectivity index is 1.74. The van der Waals surface area contributed by atoms with E-state index in [-0.39, 0.29) is 11.8 Å². The third-order valence-electron chi connectivity index (χ3n) is 6.71. The number of fused-ring (bicyclic) bond motifs is 2. The highest BCUT2D eigenvalue weighted by molar-refractivity contribution is 5.99. The summed E-state index contributed by atoms with van der Waals surface area (Å²) in [7, 11) is 2.17. The molecule has 0 spiro atoms. The molecular weight excluding hydrogens is 360 g/mol. The van der Waals surface area contributed by atoms with Crippen molar-refractivity contribution in [3.63, 3.8) is 0 Å². The molecule has 0 radical (unpaired) electrons. The van der Waals surface area contributed by atoms with Crippen LogP contribution in [0.1, 0.15) is 37.8 Å². The van der Waals surface area contributed by atoms with Crippen LogP contribution >= 0.6 is 0 Å². The summed E-state index contributed by atoms with van der Waals surface area (Å²) >= 11 is 0. The number of likely N-dealkylation sites (N-methyl/N-ethyl adjacent to an activating group) is 1. The molecule has 156 valence electrons. The average molecular weight is 395 g/mol. The summed E-state index contributed by atoms with van der Waals surface area (Å²) < 4.78 is 2.40. The summed E-state index contributed by atoms with van der Waals surface area (Å²) in [5, 5.41) is 1.38. The molecule has 2 aliphatic rings. The Morgan fingerprint density at radius 2 is 2.03 bits per heavy atom. The molecule has 29 heavy (non-hydrogen) atoms. The van der Waals surface area contributed by atoms with Gasteiger partial charge in [-0.25, -0.2) is 0 Å². The summed E-state index contributed by atoms with van der Waals surface area (Å²) in [4.78, 5) is 17.4. The molecule has 1 aliphatic carbocycles. The molecule has 2 aromatic rings. The predicted molar refractivity (Wildman–Crippen MR) is 120 cm³/mol. The van der Waals surface area contributed by atoms with Crippen LogP contribution in [0.4, 0.5) is 0 Å². The molecule has 2 atom stereocenters. The molecule has 4 rings (SSSR count). The van der Waals surface area contributed by atoms with Crippen molar-refractivity contribution < 1.29 is 4.79 Å². The van der Waals surface area contributed by atoms with Crippen LogP contribution < -0.4 is 5.73 Å². The Morgan fingerprint density at radius 1 is 1.24 bits per heavy atom. The molecule has 1 amide bonds. The summed E-state index contributed by atoms with van der Waals surface area (Å²) in [6, 6.07) is 7.00. The van der Waals surface area contributed by atoms with Crippen LogP contribution in [0.5, 0.6) is 0 Å². The zero-order valence-electron chi connectivity index (χ0n) is 18.0. The van der Waals surface area contributed by atoms with Crippen LogP contribution in [0, 0.1) is 5.92 Å². The van der Waals surface area contributed by atoms with Gasteiger partial charge in [-0.15, -0.1) is 0 Å². The average Bonchev–Trinajstić information content (AvgIpc) is 3.08. The monoisotopic (exact) mass is 394 g/mol. The van der Waals surface area contributed by atoms with Crippen molar-refractivity contribution in [2.45, 2.75) is 45.7 Å². The van der Waals surface area contributed by atoms with Gasteiger partial charge in [-0.05, 0) is 69.5 Å². The summed E-state index contributed by atoms with van der Waals surface area (Å²) in [6.45, 7) is 8.22. The van der Waals surface area contributed by atoms with Gasteiger partial charge in [0.05, 0.1) is 5.92 Å². The molecule has 0 fully saturated rings. The highest BCUT2D eigenvalue weighted by atomic mass is 16.2. The Hall–Kier alpha value is -2.11. The number of aryl methyl sites for hydroxylation is 1. The minimum Gasteiger partial charge on any atom is -0.347 e. The molecular formula is C24H34N4O. The number of hydrogen-bond acceptors (Lipinski definition) is 3. The third kappa shape index (κ3) is 3.51. The lowest BCUT2D eigenvalue weighted by Gasteiger charge is -2.40. The lowest BCUT2D eigenvalue weighted by atomic mass is 9.79. The molecule has 1 aliphatic heterocycles. The van der Waals surface area contributed by atoms with Crippen molar-refractivity contribution in [3.05, 3.63) is 41.6 Å². The van der Waals surface area contributed by atoms with E-state index in [1.54, 1.807) is 0 Å². The topological polar surface area (TPSA) is 54.5 Å². The van der Waals surface area contributed by atoms with Crippen LogP contribution in [-0.2, 0) is 17.8 Å². The normalized spacial score (nSPS) is 21.2. The van der Waals surface area contributed by atoms with E-state index in [1.165, 1.54) is 27.6 Å². The molecule has 2 N–H and O–H groups in total. The van der Waals surface area contributed by atoms with E-state index < -0.39 is 0 Å². The maximum Gasteiger partial charge on any atom is 0.230 e. The van der Waals surface area contributed by atoms with E-state index in [4.69, 9.17) is 5.73 Å². The van der Waals surface area contributed by atoms with Crippen molar-refractivity contribution in [1.82, 2.24) is 14.4 Å². The number of aromatic nitrogens is 1. The molecule has 1 aromatic heterocycles. The lowest BCUT2D eigenvalue weighted by Crippen LogP contribution is -2.47. The first-order chi connectivity index (χ1) is 14.1. The van der Waals surface area contributed by atoms with E-state index >= 15 is 0 Å². The maximum absolute atomic E-state index is 13.1. The largest absolute Gasteiger partial charge is 0.347 e. The summed E-state index contributed by atoms with van der Waals surface area (Å²) in [5.74, 6) is 0.194. The van der Waals surface area contributed by atoms with Gasteiger partial charge in [-0.3, -0.25) is 9.69 Å². The highest BCUT2D eigenvalue weighted by Gasteiger charge is 2.36. The van der Waals surface area contributed by atoms with Gasteiger partial charge in [0, 0.05) is 49.3 Å². The van der Waals surface area contributed by atoms with Gasteiger partial charge in [0.25, 0.3) is 0 Å². The molecule has 0 unspecified atom stereocenters. The van der Waals surface area contributed by atoms with Crippen molar-refractivity contribution in [2.75, 3.05) is 33.2 Å². The summed E-state index contributed by atoms with van der Waals surface area (Å²) in [6.07, 6.45) is 7.81. The van der Waals surface area contributed by atoms with Crippen LogP contribution in [-0.4, -0.2) is 59.5 Å². The zero-order valence-corrected chi connectivity index (χ0v) is 18.0. The first-order valence-electron chi connectivity index (χ1n) is 11.1. The lowest BCUT2D eigenvalue weighted by molar-refractivity contribution is -0.134. The van der Waals surface area contributed by atoms with Gasteiger partial charge in [-0.1, -0.05) is 18.2 Å². The van der Waals surface area contributed by atoms with Gasteiger partial charge in [0.1, 0.15) is 0 Å². The Labute approximate surface area is 174 Å². The fourth-order valence-corrected chi connectivity index (χ4v) is 5.16. The van der Waals surface area contributed by atoms with Gasteiger partial charge >= 0.3 is 0 Å². The van der Waals surface area contributed by atoms with Crippen molar-refractivity contribution in [3.8, 4) is 0 Å². The number of benzene rings is 1. The number of nitrogens with zero attached hydrogens (tertiary/aromatic N) is 3. The number of hydrogen-bond donors (Lipinski definition) is 1. The van der Waals surface area contributed by atoms with Crippen molar-refractivity contribution >= 4 is 22.4 Å². The van der Waals surface area contributed by atoms with Crippen LogP contribution in [0.3, 0.4) is 0 Å². The SMILES string of the molecule is CCN(CC)C(=O)[C@@H]1C=C2c3cccc4c3c(cn4CCCCN)C[C@H]2N(C)C1. The van der Waals surface area contributed by atoms with E-state index in [2.05, 4.69) is 60.8 Å². The van der Waals surface area contributed by atoms with Crippen LogP contribution in [0.15, 0.2) is 30.5 Å². The van der Waals surface area contributed by atoms with Gasteiger partial charge in [0.2, 0.25) is 5.91 Å². The molecule has 1 aromatic carbocycles. The second kappa shape index (κ2) is 8.33. The zero-order chi connectivity index (χ0) is 20.5. The minimum atomic E-state index is -0.0606. The number of nitrogens with two attached hydrogens (primary N) is 1. The number of amides is 1. The highest BCUT2D eigenvalue weighted by Crippen LogP contribution is 2.41. The van der Waals surface area contributed by atoms with E-state index in [0.717, 1.165) is 52.0 Å². The van der Waals surface area contributed by atoms with E-state index in [0.29, 0.717) is 6.04 Å². The molecule has 5 nitrogen and oxygen atoms in total. The first-order valence-corrected chi connectivity index (χ1v) is 11.1. The number of rotatable bonds is 7. The maximum atomic E-state index is 13.1. The van der Waals surface area contributed by atoms with Gasteiger partial charge in [-0.2, -0.15) is 0 Å². The predicted octanol–water partition coefficient (Wildman–Crippen LogP) is 3.12.